The SMILES string of the molecule is COc1c(=O)n(C2(CF)CCNC2)cc2c(N[C@H](C)c3cccc([N+](=O)[O-])c3C)nc(C)nc12. The van der Waals surface area contributed by atoms with Crippen molar-refractivity contribution in [2.24, 2.45) is 0 Å². The fraction of sp³-hybridized carbons (Fsp3) is 0.435. The minimum Gasteiger partial charge on any atom is -0.490 e. The van der Waals surface area contributed by atoms with E-state index in [1.165, 1.54) is 17.7 Å². The Bertz CT molecular complexity index is 1320. The van der Waals surface area contributed by atoms with Crippen LogP contribution in [0.5, 0.6) is 5.75 Å². The van der Waals surface area contributed by atoms with Crippen LogP contribution < -0.4 is 20.9 Å². The third-order valence-corrected chi connectivity index (χ3v) is 6.49. The van der Waals surface area contributed by atoms with Crippen LogP contribution in [0.4, 0.5) is 15.9 Å². The first-order chi connectivity index (χ1) is 16.2. The summed E-state index contributed by atoms with van der Waals surface area (Å²) in [5.41, 5.74) is 0.154. The quantitative estimate of drug-likeness (QED) is 0.399. The number of aromatic nitrogens is 3. The summed E-state index contributed by atoms with van der Waals surface area (Å²) in [4.78, 5) is 33.2. The Morgan fingerprint density at radius 2 is 2.15 bits per heavy atom. The van der Waals surface area contributed by atoms with E-state index in [1.54, 1.807) is 26.1 Å². The van der Waals surface area contributed by atoms with Gasteiger partial charge in [0.05, 0.1) is 29.0 Å². The predicted molar refractivity (Wildman–Crippen MR) is 126 cm³/mol. The molecule has 0 saturated carbocycles. The molecule has 0 bridgehead atoms. The number of nitrogens with one attached hydrogen (secondary N) is 2. The molecule has 4 rings (SSSR count). The van der Waals surface area contributed by atoms with Gasteiger partial charge < -0.3 is 19.9 Å². The summed E-state index contributed by atoms with van der Waals surface area (Å²) in [5.74, 6) is 0.856. The molecule has 2 atom stereocenters. The molecule has 0 aliphatic carbocycles. The first-order valence-corrected chi connectivity index (χ1v) is 11.0. The average Bonchev–Trinajstić information content (AvgIpc) is 3.28. The standard InChI is InChI=1S/C23H27FN6O4/c1-13-16(6-5-7-18(13)30(32)33)14(2)26-21-17-10-29(23(11-24)8-9-25-12-23)22(31)20(34-4)19(17)27-15(3)28-21/h5-7,10,14,25H,8-9,11-12H2,1-4H3,(H,26,27,28)/t14-,23?/m1/s1. The monoisotopic (exact) mass is 470 g/mol. The number of nitro groups is 1. The van der Waals surface area contributed by atoms with Gasteiger partial charge in [0.1, 0.15) is 23.8 Å². The van der Waals surface area contributed by atoms with Crippen molar-refractivity contribution in [1.29, 1.82) is 0 Å². The van der Waals surface area contributed by atoms with E-state index in [4.69, 9.17) is 4.74 Å². The molecule has 1 aliphatic heterocycles. The molecule has 0 amide bonds. The van der Waals surface area contributed by atoms with Crippen molar-refractivity contribution in [2.45, 2.75) is 38.8 Å². The van der Waals surface area contributed by atoms with E-state index < -0.39 is 22.7 Å². The molecule has 0 radical (unpaired) electrons. The average molecular weight is 471 g/mol. The Labute approximate surface area is 195 Å². The van der Waals surface area contributed by atoms with Crippen LogP contribution in [0.2, 0.25) is 0 Å². The lowest BCUT2D eigenvalue weighted by molar-refractivity contribution is -0.385. The van der Waals surface area contributed by atoms with Crippen molar-refractivity contribution in [3.05, 3.63) is 61.8 Å². The van der Waals surface area contributed by atoms with Gasteiger partial charge >= 0.3 is 0 Å². The number of halogens is 1. The highest BCUT2D eigenvalue weighted by Crippen LogP contribution is 2.33. The van der Waals surface area contributed by atoms with Crippen LogP contribution in [-0.2, 0) is 5.54 Å². The van der Waals surface area contributed by atoms with Gasteiger partial charge in [0, 0.05) is 24.4 Å². The molecule has 1 aromatic carbocycles. The highest BCUT2D eigenvalue weighted by Gasteiger charge is 2.38. The van der Waals surface area contributed by atoms with E-state index in [9.17, 15) is 19.3 Å². The first-order valence-electron chi connectivity index (χ1n) is 11.0. The van der Waals surface area contributed by atoms with Gasteiger partial charge in [0.25, 0.3) is 11.2 Å². The Morgan fingerprint density at radius 3 is 2.76 bits per heavy atom. The first kappa shape index (κ1) is 23.6. The Hall–Kier alpha value is -3.60. The zero-order valence-corrected chi connectivity index (χ0v) is 19.5. The number of methoxy groups -OCH3 is 1. The molecular formula is C23H27FN6O4. The summed E-state index contributed by atoms with van der Waals surface area (Å²) in [7, 11) is 1.38. The van der Waals surface area contributed by atoms with Crippen LogP contribution in [0.3, 0.4) is 0 Å². The van der Waals surface area contributed by atoms with Gasteiger partial charge in [-0.2, -0.15) is 0 Å². The number of aryl methyl sites for hydroxylation is 1. The minimum atomic E-state index is -1.02. The number of alkyl halides is 1. The molecule has 2 aromatic heterocycles. The van der Waals surface area contributed by atoms with Crippen molar-refractivity contribution in [3.63, 3.8) is 0 Å². The highest BCUT2D eigenvalue weighted by molar-refractivity contribution is 5.92. The second-order valence-electron chi connectivity index (χ2n) is 8.62. The van der Waals surface area contributed by atoms with Crippen LogP contribution in [-0.4, -0.2) is 46.3 Å². The topological polar surface area (TPSA) is 124 Å². The molecule has 3 aromatic rings. The predicted octanol–water partition coefficient (Wildman–Crippen LogP) is 3.16. The van der Waals surface area contributed by atoms with Gasteiger partial charge in [-0.1, -0.05) is 12.1 Å². The van der Waals surface area contributed by atoms with E-state index in [0.717, 1.165) is 5.56 Å². The lowest BCUT2D eigenvalue weighted by Gasteiger charge is -2.29. The number of ether oxygens (including phenoxy) is 1. The Kier molecular flexibility index (Phi) is 6.22. The van der Waals surface area contributed by atoms with Gasteiger partial charge in [0.2, 0.25) is 5.75 Å². The Morgan fingerprint density at radius 1 is 1.38 bits per heavy atom. The van der Waals surface area contributed by atoms with Gasteiger partial charge in [-0.25, -0.2) is 14.4 Å². The van der Waals surface area contributed by atoms with Crippen LogP contribution in [0.1, 0.15) is 36.3 Å². The molecule has 2 N–H and O–H groups in total. The van der Waals surface area contributed by atoms with Crippen molar-refractivity contribution in [2.75, 3.05) is 32.2 Å². The number of fused-ring (bicyclic) bond motifs is 1. The minimum absolute atomic E-state index is 0.0185. The largest absolute Gasteiger partial charge is 0.490 e. The number of anilines is 1. The molecule has 3 heterocycles. The van der Waals surface area contributed by atoms with Gasteiger partial charge in [-0.3, -0.25) is 14.9 Å². The summed E-state index contributed by atoms with van der Waals surface area (Å²) >= 11 is 0. The maximum atomic E-state index is 14.3. The molecule has 180 valence electrons. The number of rotatable bonds is 7. The zero-order valence-electron chi connectivity index (χ0n) is 19.5. The summed E-state index contributed by atoms with van der Waals surface area (Å²) in [6.45, 7) is 5.46. The molecule has 1 aliphatic rings. The van der Waals surface area contributed by atoms with E-state index in [0.29, 0.717) is 47.6 Å². The van der Waals surface area contributed by atoms with Crippen LogP contribution in [0.25, 0.3) is 10.9 Å². The number of hydrogen-bond donors (Lipinski definition) is 2. The lowest BCUT2D eigenvalue weighted by Crippen LogP contribution is -2.44. The molecule has 10 nitrogen and oxygen atoms in total. The van der Waals surface area contributed by atoms with Crippen LogP contribution in [0.15, 0.2) is 29.2 Å². The van der Waals surface area contributed by atoms with Crippen molar-refractivity contribution < 1.29 is 14.1 Å². The van der Waals surface area contributed by atoms with Crippen LogP contribution >= 0.6 is 0 Å². The maximum Gasteiger partial charge on any atom is 0.295 e. The fourth-order valence-corrected chi connectivity index (χ4v) is 4.63. The van der Waals surface area contributed by atoms with E-state index >= 15 is 0 Å². The third kappa shape index (κ3) is 3.85. The lowest BCUT2D eigenvalue weighted by atomic mass is 9.99. The molecule has 1 unspecified atom stereocenters. The van der Waals surface area contributed by atoms with Gasteiger partial charge in [0.15, 0.2) is 0 Å². The van der Waals surface area contributed by atoms with Gasteiger partial charge in [-0.05, 0) is 39.3 Å². The summed E-state index contributed by atoms with van der Waals surface area (Å²) in [6, 6.07) is 4.56. The van der Waals surface area contributed by atoms with Gasteiger partial charge in [-0.15, -0.1) is 0 Å². The van der Waals surface area contributed by atoms with E-state index in [2.05, 4.69) is 20.6 Å². The number of pyridine rings is 1. The third-order valence-electron chi connectivity index (χ3n) is 6.49. The fourth-order valence-electron chi connectivity index (χ4n) is 4.63. The number of nitro benzene ring substituents is 1. The second-order valence-corrected chi connectivity index (χ2v) is 8.62. The van der Waals surface area contributed by atoms with Crippen molar-refractivity contribution in [3.8, 4) is 5.75 Å². The summed E-state index contributed by atoms with van der Waals surface area (Å²) in [6.07, 6.45) is 2.04. The second kappa shape index (κ2) is 8.98. The molecule has 11 heteroatoms. The molecular weight excluding hydrogens is 443 g/mol. The Balaban J connectivity index is 1.88. The van der Waals surface area contributed by atoms with E-state index in [1.807, 2.05) is 13.0 Å². The molecule has 0 spiro atoms. The summed E-state index contributed by atoms with van der Waals surface area (Å²) in [5, 5.41) is 18.3. The maximum absolute atomic E-state index is 14.3. The molecule has 1 fully saturated rings. The summed E-state index contributed by atoms with van der Waals surface area (Å²) < 4.78 is 21.1. The molecule has 34 heavy (non-hydrogen) atoms. The van der Waals surface area contributed by atoms with Crippen LogP contribution in [0, 0.1) is 24.0 Å². The van der Waals surface area contributed by atoms with E-state index in [-0.39, 0.29) is 17.5 Å². The highest BCUT2D eigenvalue weighted by atomic mass is 19.1. The van der Waals surface area contributed by atoms with Crippen molar-refractivity contribution >= 4 is 22.4 Å². The number of hydrogen-bond acceptors (Lipinski definition) is 8. The number of benzene rings is 1. The normalized spacial score (nSPS) is 18.7. The smallest absolute Gasteiger partial charge is 0.295 e. The van der Waals surface area contributed by atoms with Crippen molar-refractivity contribution in [1.82, 2.24) is 19.9 Å². The molecule has 1 saturated heterocycles. The number of nitrogens with zero attached hydrogens (tertiary/aromatic N) is 4. The zero-order chi connectivity index (χ0) is 24.6.